The largest absolute Gasteiger partial charge is 0.573 e. The summed E-state index contributed by atoms with van der Waals surface area (Å²) in [6, 6.07) is 18.2. The van der Waals surface area contributed by atoms with Gasteiger partial charge in [0.2, 0.25) is 0 Å². The lowest BCUT2D eigenvalue weighted by molar-refractivity contribution is -0.274. The highest BCUT2D eigenvalue weighted by molar-refractivity contribution is 6.35. The average molecular weight is 467 g/mol. The van der Waals surface area contributed by atoms with Gasteiger partial charge in [-0.3, -0.25) is 0 Å². The minimum absolute atomic E-state index is 0.144. The molecule has 31 heavy (non-hydrogen) atoms. The highest BCUT2D eigenvalue weighted by atomic mass is 35.5. The van der Waals surface area contributed by atoms with Gasteiger partial charge in [-0.1, -0.05) is 47.5 Å². The van der Waals surface area contributed by atoms with E-state index in [4.69, 9.17) is 27.9 Å². The maximum absolute atomic E-state index is 12.4. The summed E-state index contributed by atoms with van der Waals surface area (Å²) in [5, 5.41) is 0.887. The third-order valence-electron chi connectivity index (χ3n) is 4.48. The first-order valence-electron chi connectivity index (χ1n) is 9.15. The summed E-state index contributed by atoms with van der Waals surface area (Å²) in [7, 11) is 0. The number of para-hydroxylation sites is 2. The molecule has 0 bridgehead atoms. The van der Waals surface area contributed by atoms with Crippen molar-refractivity contribution in [1.82, 2.24) is 9.55 Å². The minimum Gasteiger partial charge on any atom is -0.484 e. The van der Waals surface area contributed by atoms with Crippen LogP contribution in [0.3, 0.4) is 0 Å². The van der Waals surface area contributed by atoms with Gasteiger partial charge in [0.1, 0.15) is 23.9 Å². The van der Waals surface area contributed by atoms with Crippen LogP contribution in [0.4, 0.5) is 13.2 Å². The molecule has 1 aromatic heterocycles. The van der Waals surface area contributed by atoms with Crippen LogP contribution in [0, 0.1) is 0 Å². The van der Waals surface area contributed by atoms with Crippen molar-refractivity contribution in [1.29, 1.82) is 0 Å². The van der Waals surface area contributed by atoms with Crippen LogP contribution in [0.2, 0.25) is 10.0 Å². The predicted octanol–water partition coefficient (Wildman–Crippen LogP) is 6.87. The first-order chi connectivity index (χ1) is 14.8. The Morgan fingerprint density at radius 1 is 0.935 bits per heavy atom. The van der Waals surface area contributed by atoms with Gasteiger partial charge in [0.25, 0.3) is 0 Å². The zero-order chi connectivity index (χ0) is 22.0. The minimum atomic E-state index is -4.73. The molecule has 3 aromatic carbocycles. The van der Waals surface area contributed by atoms with Crippen LogP contribution in [0.25, 0.3) is 11.0 Å². The van der Waals surface area contributed by atoms with E-state index in [0.717, 1.165) is 16.6 Å². The molecule has 9 heteroatoms. The topological polar surface area (TPSA) is 36.3 Å². The quantitative estimate of drug-likeness (QED) is 0.311. The maximum atomic E-state index is 12.4. The van der Waals surface area contributed by atoms with Crippen LogP contribution >= 0.6 is 23.2 Å². The molecule has 0 spiro atoms. The lowest BCUT2D eigenvalue weighted by atomic mass is 10.2. The zero-order valence-electron chi connectivity index (χ0n) is 15.9. The number of imidazole rings is 1. The molecule has 0 amide bonds. The van der Waals surface area contributed by atoms with Crippen molar-refractivity contribution in [2.24, 2.45) is 0 Å². The molecule has 0 saturated carbocycles. The molecule has 0 aliphatic rings. The van der Waals surface area contributed by atoms with Crippen LogP contribution in [0.5, 0.6) is 11.5 Å². The van der Waals surface area contributed by atoms with Crippen molar-refractivity contribution in [3.05, 3.63) is 88.2 Å². The van der Waals surface area contributed by atoms with Gasteiger partial charge in [-0.2, -0.15) is 0 Å². The van der Waals surface area contributed by atoms with Gasteiger partial charge in [-0.25, -0.2) is 4.98 Å². The van der Waals surface area contributed by atoms with E-state index >= 15 is 0 Å². The Morgan fingerprint density at radius 2 is 1.68 bits per heavy atom. The molecule has 0 aliphatic heterocycles. The van der Waals surface area contributed by atoms with Gasteiger partial charge in [0.15, 0.2) is 0 Å². The van der Waals surface area contributed by atoms with Crippen molar-refractivity contribution in [3.8, 4) is 11.5 Å². The van der Waals surface area contributed by atoms with E-state index in [9.17, 15) is 13.2 Å². The fraction of sp³-hybridized carbons (Fsp3) is 0.136. The summed E-state index contributed by atoms with van der Waals surface area (Å²) in [5.74, 6) is 0.842. The second-order valence-corrected chi connectivity index (χ2v) is 7.50. The Kier molecular flexibility index (Phi) is 5.98. The van der Waals surface area contributed by atoms with Gasteiger partial charge in [-0.05, 0) is 48.0 Å². The Morgan fingerprint density at radius 3 is 2.39 bits per heavy atom. The van der Waals surface area contributed by atoms with E-state index in [-0.39, 0.29) is 12.4 Å². The number of hydrogen-bond donors (Lipinski definition) is 0. The maximum Gasteiger partial charge on any atom is 0.573 e. The number of aromatic nitrogens is 2. The number of benzene rings is 3. The van der Waals surface area contributed by atoms with Crippen molar-refractivity contribution in [3.63, 3.8) is 0 Å². The van der Waals surface area contributed by atoms with Crippen molar-refractivity contribution < 1.29 is 22.6 Å². The number of nitrogens with zero attached hydrogens (tertiary/aromatic N) is 2. The molecular weight excluding hydrogens is 452 g/mol. The fourth-order valence-corrected chi connectivity index (χ4v) is 3.59. The monoisotopic (exact) mass is 466 g/mol. The number of fused-ring (bicyclic) bond motifs is 1. The predicted molar refractivity (Wildman–Crippen MR) is 113 cm³/mol. The molecule has 1 heterocycles. The van der Waals surface area contributed by atoms with E-state index in [0.29, 0.717) is 28.2 Å². The molecule has 0 radical (unpaired) electrons. The molecule has 4 aromatic rings. The molecule has 0 fully saturated rings. The van der Waals surface area contributed by atoms with Gasteiger partial charge < -0.3 is 14.0 Å². The number of rotatable bonds is 6. The summed E-state index contributed by atoms with van der Waals surface area (Å²) in [4.78, 5) is 4.63. The summed E-state index contributed by atoms with van der Waals surface area (Å²) in [5.41, 5.74) is 2.43. The van der Waals surface area contributed by atoms with Crippen LogP contribution in [0.1, 0.15) is 11.4 Å². The molecule has 0 N–H and O–H groups in total. The normalized spacial score (nSPS) is 11.6. The molecule has 0 aliphatic carbocycles. The zero-order valence-corrected chi connectivity index (χ0v) is 17.4. The number of ether oxygens (including phenoxy) is 2. The van der Waals surface area contributed by atoms with Gasteiger partial charge in [0.05, 0.1) is 16.1 Å². The first kappa shape index (κ1) is 21.3. The molecule has 4 rings (SSSR count). The van der Waals surface area contributed by atoms with Crippen molar-refractivity contribution >= 4 is 34.2 Å². The Labute approximate surface area is 185 Å². The summed E-state index contributed by atoms with van der Waals surface area (Å²) in [6.45, 7) is 0.533. The molecular formula is C22H15Cl2F3N2O2. The van der Waals surface area contributed by atoms with E-state index in [1.54, 1.807) is 30.3 Å². The van der Waals surface area contributed by atoms with Crippen LogP contribution in [0.15, 0.2) is 66.7 Å². The van der Waals surface area contributed by atoms with Crippen LogP contribution in [-0.4, -0.2) is 15.9 Å². The van der Waals surface area contributed by atoms with E-state index < -0.39 is 6.36 Å². The number of halogens is 5. The standard InChI is InChI=1S/C22H15Cl2F3N2O2/c23-15-7-10-20(17(24)11-15)30-13-21-28-18-3-1-2-4-19(18)29(21)12-14-5-8-16(9-6-14)31-22(25,26)27/h1-11H,12-13H2. The lowest BCUT2D eigenvalue weighted by Crippen LogP contribution is -2.17. The lowest BCUT2D eigenvalue weighted by Gasteiger charge is -2.13. The molecule has 0 unspecified atom stereocenters. The molecule has 4 nitrogen and oxygen atoms in total. The fourth-order valence-electron chi connectivity index (χ4n) is 3.13. The summed E-state index contributed by atoms with van der Waals surface area (Å²) >= 11 is 12.1. The highest BCUT2D eigenvalue weighted by Gasteiger charge is 2.31. The third-order valence-corrected chi connectivity index (χ3v) is 5.01. The van der Waals surface area contributed by atoms with Crippen molar-refractivity contribution in [2.75, 3.05) is 0 Å². The van der Waals surface area contributed by atoms with E-state index in [2.05, 4.69) is 9.72 Å². The number of alkyl halides is 3. The SMILES string of the molecule is FC(F)(F)Oc1ccc(Cn2c(COc3ccc(Cl)cc3Cl)nc3ccccc32)cc1. The summed E-state index contributed by atoms with van der Waals surface area (Å²) in [6.07, 6.45) is -4.73. The Bertz CT molecular complexity index is 1210. The highest BCUT2D eigenvalue weighted by Crippen LogP contribution is 2.29. The van der Waals surface area contributed by atoms with Gasteiger partial charge in [-0.15, -0.1) is 13.2 Å². The Hall–Kier alpha value is -2.90. The third kappa shape index (κ3) is 5.24. The second-order valence-electron chi connectivity index (χ2n) is 6.66. The molecule has 160 valence electrons. The van der Waals surface area contributed by atoms with Gasteiger partial charge >= 0.3 is 6.36 Å². The first-order valence-corrected chi connectivity index (χ1v) is 9.91. The summed E-state index contributed by atoms with van der Waals surface area (Å²) < 4.78 is 48.9. The van der Waals surface area contributed by atoms with Crippen LogP contribution < -0.4 is 9.47 Å². The molecule has 0 atom stereocenters. The van der Waals surface area contributed by atoms with E-state index in [1.807, 2.05) is 28.8 Å². The van der Waals surface area contributed by atoms with Crippen LogP contribution in [-0.2, 0) is 13.2 Å². The average Bonchev–Trinajstić information content (AvgIpc) is 3.05. The van der Waals surface area contributed by atoms with Gasteiger partial charge in [0, 0.05) is 11.6 Å². The number of hydrogen-bond acceptors (Lipinski definition) is 3. The molecule has 0 saturated heterocycles. The van der Waals surface area contributed by atoms with Crippen molar-refractivity contribution in [2.45, 2.75) is 19.5 Å². The second kappa shape index (κ2) is 8.69. The Balaban J connectivity index is 1.59. The smallest absolute Gasteiger partial charge is 0.484 e. The van der Waals surface area contributed by atoms with E-state index in [1.165, 1.54) is 12.1 Å².